The maximum absolute atomic E-state index is 12.2. The molecule has 0 heterocycles. The van der Waals surface area contributed by atoms with E-state index in [1.807, 2.05) is 0 Å². The van der Waals surface area contributed by atoms with Gasteiger partial charge in [0.2, 0.25) is 0 Å². The first-order valence-electron chi connectivity index (χ1n) is 4.63. The molecule has 0 aromatic carbocycles. The van der Waals surface area contributed by atoms with E-state index in [1.165, 1.54) is 20.8 Å². The Morgan fingerprint density at radius 1 is 1.00 bits per heavy atom. The fraction of sp³-hybridized carbons (Fsp3) is 0.600. The van der Waals surface area contributed by atoms with E-state index < -0.39 is 41.1 Å². The maximum atomic E-state index is 12.2. The van der Waals surface area contributed by atoms with Crippen LogP contribution in [-0.4, -0.2) is 28.3 Å². The molecule has 17 heavy (non-hydrogen) atoms. The van der Waals surface area contributed by atoms with Crippen molar-refractivity contribution in [3.8, 4) is 0 Å². The second kappa shape index (κ2) is 4.77. The molecule has 0 atom stereocenters. The molecular formula is C10H13F3O4. The zero-order valence-corrected chi connectivity index (χ0v) is 9.55. The summed E-state index contributed by atoms with van der Waals surface area (Å²) in [5.41, 5.74) is -3.05. The summed E-state index contributed by atoms with van der Waals surface area (Å²) in [6.45, 7) is 4.03. The highest BCUT2D eigenvalue weighted by Gasteiger charge is 2.37. The highest BCUT2D eigenvalue weighted by molar-refractivity contribution is 5.99. The Labute approximate surface area is 95.7 Å². The number of carbonyl (C=O) groups is 2. The lowest BCUT2D eigenvalue weighted by Crippen LogP contribution is -2.25. The van der Waals surface area contributed by atoms with E-state index in [0.29, 0.717) is 0 Å². The molecule has 98 valence electrons. The minimum absolute atomic E-state index is 0.734. The molecule has 0 saturated heterocycles. The Hall–Kier alpha value is -1.53. The van der Waals surface area contributed by atoms with Crippen LogP contribution in [0.1, 0.15) is 27.2 Å². The van der Waals surface area contributed by atoms with E-state index in [1.54, 1.807) is 0 Å². The van der Waals surface area contributed by atoms with Crippen molar-refractivity contribution in [1.29, 1.82) is 0 Å². The van der Waals surface area contributed by atoms with Crippen LogP contribution in [0.2, 0.25) is 0 Å². The Kier molecular flexibility index (Phi) is 4.34. The summed E-state index contributed by atoms with van der Waals surface area (Å²) < 4.78 is 36.6. The Bertz CT molecular complexity index is 361. The predicted octanol–water partition coefficient (Wildman–Crippen LogP) is 2.45. The number of aliphatic carboxylic acids is 2. The van der Waals surface area contributed by atoms with Crippen molar-refractivity contribution in [3.05, 3.63) is 11.1 Å². The summed E-state index contributed by atoms with van der Waals surface area (Å²) in [6, 6.07) is 0. The summed E-state index contributed by atoms with van der Waals surface area (Å²) in [5.74, 6) is -3.52. The lowest BCUT2D eigenvalue weighted by Gasteiger charge is -2.22. The van der Waals surface area contributed by atoms with Gasteiger partial charge in [-0.15, -0.1) is 0 Å². The molecule has 0 aliphatic heterocycles. The molecule has 0 aliphatic carbocycles. The summed E-state index contributed by atoms with van der Waals surface area (Å²) in [7, 11) is 0. The summed E-state index contributed by atoms with van der Waals surface area (Å²) in [5, 5.41) is 17.5. The largest absolute Gasteiger partial charge is 0.478 e. The van der Waals surface area contributed by atoms with Gasteiger partial charge in [-0.05, 0) is 5.41 Å². The molecular weight excluding hydrogens is 241 g/mol. The number of rotatable bonds is 3. The summed E-state index contributed by atoms with van der Waals surface area (Å²) in [4.78, 5) is 21.6. The van der Waals surface area contributed by atoms with Crippen LogP contribution in [0.15, 0.2) is 11.1 Å². The lowest BCUT2D eigenvalue weighted by molar-refractivity contribution is -0.144. The molecule has 4 nitrogen and oxygen atoms in total. The normalized spacial score (nSPS) is 14.2. The fourth-order valence-electron chi connectivity index (χ4n) is 1.37. The van der Waals surface area contributed by atoms with E-state index in [4.69, 9.17) is 10.2 Å². The number of carboxylic acids is 2. The predicted molar refractivity (Wildman–Crippen MR) is 52.4 cm³/mol. The minimum atomic E-state index is -4.76. The Balaban J connectivity index is 5.80. The van der Waals surface area contributed by atoms with Gasteiger partial charge in [0, 0.05) is 0 Å². The number of hydrogen-bond acceptors (Lipinski definition) is 2. The van der Waals surface area contributed by atoms with Crippen molar-refractivity contribution >= 4 is 11.9 Å². The van der Waals surface area contributed by atoms with Crippen LogP contribution < -0.4 is 0 Å². The number of alkyl halides is 3. The van der Waals surface area contributed by atoms with E-state index in [9.17, 15) is 22.8 Å². The number of carboxylic acid groups (broad SMARTS) is 2. The third-order valence-corrected chi connectivity index (χ3v) is 1.90. The van der Waals surface area contributed by atoms with Crippen molar-refractivity contribution < 1.29 is 33.0 Å². The molecule has 0 spiro atoms. The van der Waals surface area contributed by atoms with Gasteiger partial charge in [-0.1, -0.05) is 20.8 Å². The molecule has 0 fully saturated rings. The molecule has 0 rings (SSSR count). The SMILES string of the molecule is CC(C)(C)C(C(=O)O)=C(CC(F)(F)F)C(=O)O. The molecule has 0 saturated carbocycles. The summed E-state index contributed by atoms with van der Waals surface area (Å²) in [6.07, 6.45) is -6.53. The molecule has 2 N–H and O–H groups in total. The van der Waals surface area contributed by atoms with Gasteiger partial charge in [-0.3, -0.25) is 0 Å². The van der Waals surface area contributed by atoms with E-state index in [2.05, 4.69) is 0 Å². The van der Waals surface area contributed by atoms with Crippen LogP contribution in [0.3, 0.4) is 0 Å². The summed E-state index contributed by atoms with van der Waals surface area (Å²) >= 11 is 0. The van der Waals surface area contributed by atoms with Crippen molar-refractivity contribution in [2.75, 3.05) is 0 Å². The Morgan fingerprint density at radius 3 is 1.59 bits per heavy atom. The first-order chi connectivity index (χ1) is 7.36. The van der Waals surface area contributed by atoms with Gasteiger partial charge in [0.25, 0.3) is 0 Å². The smallest absolute Gasteiger partial charge is 0.393 e. The van der Waals surface area contributed by atoms with Crippen LogP contribution in [0.25, 0.3) is 0 Å². The number of hydrogen-bond donors (Lipinski definition) is 2. The van der Waals surface area contributed by atoms with Gasteiger partial charge >= 0.3 is 18.1 Å². The number of halogens is 3. The Morgan fingerprint density at radius 2 is 1.41 bits per heavy atom. The van der Waals surface area contributed by atoms with E-state index >= 15 is 0 Å². The van der Waals surface area contributed by atoms with Gasteiger partial charge in [-0.2, -0.15) is 13.2 Å². The van der Waals surface area contributed by atoms with Gasteiger partial charge in [0.1, 0.15) is 0 Å². The highest BCUT2D eigenvalue weighted by atomic mass is 19.4. The molecule has 0 unspecified atom stereocenters. The van der Waals surface area contributed by atoms with Crippen molar-refractivity contribution in [2.24, 2.45) is 5.41 Å². The van der Waals surface area contributed by atoms with Gasteiger partial charge in [0.05, 0.1) is 17.6 Å². The quantitative estimate of drug-likeness (QED) is 0.758. The lowest BCUT2D eigenvalue weighted by atomic mass is 9.82. The molecule has 0 aromatic heterocycles. The standard InChI is InChI=1S/C10H13F3O4/c1-9(2,3)6(8(16)17)5(7(14)15)4-10(11,12)13/h4H2,1-3H3,(H,14,15)(H,16,17). The van der Waals surface area contributed by atoms with Crippen LogP contribution in [0.4, 0.5) is 13.2 Å². The monoisotopic (exact) mass is 254 g/mol. The molecule has 0 aromatic rings. The van der Waals surface area contributed by atoms with E-state index in [-0.39, 0.29) is 0 Å². The van der Waals surface area contributed by atoms with Gasteiger partial charge < -0.3 is 10.2 Å². The molecule has 0 aliphatic rings. The first-order valence-corrected chi connectivity index (χ1v) is 4.63. The average Bonchev–Trinajstić information content (AvgIpc) is 1.96. The topological polar surface area (TPSA) is 74.6 Å². The second-order valence-corrected chi connectivity index (χ2v) is 4.51. The molecule has 0 radical (unpaired) electrons. The van der Waals surface area contributed by atoms with Crippen LogP contribution in [0.5, 0.6) is 0 Å². The van der Waals surface area contributed by atoms with Gasteiger partial charge in [-0.25, -0.2) is 9.59 Å². The third kappa shape index (κ3) is 4.88. The fourth-order valence-corrected chi connectivity index (χ4v) is 1.37. The maximum Gasteiger partial charge on any atom is 0.393 e. The molecule has 0 amide bonds. The van der Waals surface area contributed by atoms with Crippen molar-refractivity contribution in [1.82, 2.24) is 0 Å². The van der Waals surface area contributed by atoms with Crippen molar-refractivity contribution in [3.63, 3.8) is 0 Å². The van der Waals surface area contributed by atoms with Crippen LogP contribution in [-0.2, 0) is 9.59 Å². The van der Waals surface area contributed by atoms with E-state index in [0.717, 1.165) is 0 Å². The van der Waals surface area contributed by atoms with Gasteiger partial charge in [0.15, 0.2) is 0 Å². The zero-order valence-electron chi connectivity index (χ0n) is 9.55. The minimum Gasteiger partial charge on any atom is -0.478 e. The zero-order chi connectivity index (χ0) is 14.0. The first kappa shape index (κ1) is 15.5. The van der Waals surface area contributed by atoms with Crippen LogP contribution in [0, 0.1) is 5.41 Å². The third-order valence-electron chi connectivity index (χ3n) is 1.90. The average molecular weight is 254 g/mol. The van der Waals surface area contributed by atoms with Crippen molar-refractivity contribution in [2.45, 2.75) is 33.4 Å². The second-order valence-electron chi connectivity index (χ2n) is 4.51. The molecule has 7 heteroatoms. The molecule has 0 bridgehead atoms. The highest BCUT2D eigenvalue weighted by Crippen LogP contribution is 2.34. The van der Waals surface area contributed by atoms with Crippen LogP contribution >= 0.6 is 0 Å².